The second-order valence-electron chi connectivity index (χ2n) is 8.26. The van der Waals surface area contributed by atoms with Gasteiger partial charge in [-0.3, -0.25) is 4.79 Å². The second-order valence-corrected chi connectivity index (χ2v) is 8.70. The maximum Gasteiger partial charge on any atom is 0.317 e. The summed E-state index contributed by atoms with van der Waals surface area (Å²) in [5.74, 6) is -0.347. The predicted octanol–water partition coefficient (Wildman–Crippen LogP) is 3.60. The van der Waals surface area contributed by atoms with E-state index in [2.05, 4.69) is 30.6 Å². The quantitative estimate of drug-likeness (QED) is 0.401. The first-order chi connectivity index (χ1) is 16.9. The molecule has 1 unspecified atom stereocenters. The van der Waals surface area contributed by atoms with Gasteiger partial charge < -0.3 is 25.3 Å². The van der Waals surface area contributed by atoms with Crippen LogP contribution in [0.15, 0.2) is 24.7 Å². The van der Waals surface area contributed by atoms with E-state index < -0.39 is 5.82 Å². The number of fused-ring (bicyclic) bond motifs is 1. The molecular formula is C23H27ClFN7O3. The summed E-state index contributed by atoms with van der Waals surface area (Å²) < 4.78 is 19.3. The Morgan fingerprint density at radius 1 is 1.34 bits per heavy atom. The first kappa shape index (κ1) is 24.6. The highest BCUT2D eigenvalue weighted by atomic mass is 35.5. The molecule has 1 aliphatic heterocycles. The summed E-state index contributed by atoms with van der Waals surface area (Å²) in [5, 5.41) is 7.05. The lowest BCUT2D eigenvalue weighted by Crippen LogP contribution is -2.47. The number of urea groups is 1. The van der Waals surface area contributed by atoms with Crippen molar-refractivity contribution >= 4 is 40.5 Å². The number of H-pyrrole nitrogens is 1. The normalized spacial score (nSPS) is 15.7. The Morgan fingerprint density at radius 3 is 3.03 bits per heavy atom. The monoisotopic (exact) mass is 503 g/mol. The van der Waals surface area contributed by atoms with Crippen LogP contribution in [0.2, 0.25) is 5.02 Å². The lowest BCUT2D eigenvalue weighted by molar-refractivity contribution is -0.142. The van der Waals surface area contributed by atoms with Crippen molar-refractivity contribution in [2.24, 2.45) is 5.92 Å². The van der Waals surface area contributed by atoms with Crippen molar-refractivity contribution in [3.8, 4) is 11.4 Å². The first-order valence-corrected chi connectivity index (χ1v) is 11.9. The Bertz CT molecular complexity index is 1210. The average Bonchev–Trinajstić information content (AvgIpc) is 3.27. The van der Waals surface area contributed by atoms with Gasteiger partial charge in [0.15, 0.2) is 17.5 Å². The average molecular weight is 504 g/mol. The number of hydrogen-bond donors (Lipinski definition) is 3. The van der Waals surface area contributed by atoms with Gasteiger partial charge in [0.2, 0.25) is 0 Å². The molecule has 10 nitrogen and oxygen atoms in total. The van der Waals surface area contributed by atoms with Crippen LogP contribution >= 0.6 is 11.6 Å². The number of pyridine rings is 1. The summed E-state index contributed by atoms with van der Waals surface area (Å²) in [6.45, 7) is 3.87. The number of likely N-dealkylation sites (tertiary alicyclic amines) is 1. The van der Waals surface area contributed by atoms with Crippen molar-refractivity contribution < 1.29 is 18.7 Å². The van der Waals surface area contributed by atoms with Crippen molar-refractivity contribution in [3.05, 3.63) is 35.5 Å². The van der Waals surface area contributed by atoms with E-state index in [9.17, 15) is 14.0 Å². The highest BCUT2D eigenvalue weighted by molar-refractivity contribution is 6.31. The van der Waals surface area contributed by atoms with Gasteiger partial charge in [0.05, 0.1) is 24.2 Å². The minimum Gasteiger partial charge on any atom is -0.466 e. The summed E-state index contributed by atoms with van der Waals surface area (Å²) in [7, 11) is 0. The molecule has 1 atom stereocenters. The molecule has 1 aliphatic rings. The van der Waals surface area contributed by atoms with Crippen LogP contribution in [-0.4, -0.2) is 69.6 Å². The van der Waals surface area contributed by atoms with E-state index in [4.69, 9.17) is 16.3 Å². The Balaban J connectivity index is 1.35. The van der Waals surface area contributed by atoms with E-state index in [0.29, 0.717) is 48.3 Å². The molecular weight excluding hydrogens is 477 g/mol. The summed E-state index contributed by atoms with van der Waals surface area (Å²) in [6.07, 6.45) is 6.24. The molecule has 4 rings (SSSR count). The fourth-order valence-corrected chi connectivity index (χ4v) is 4.22. The van der Waals surface area contributed by atoms with Crippen LogP contribution in [0.25, 0.3) is 22.4 Å². The topological polar surface area (TPSA) is 125 Å². The van der Waals surface area contributed by atoms with E-state index >= 15 is 0 Å². The van der Waals surface area contributed by atoms with Gasteiger partial charge in [0, 0.05) is 49.5 Å². The van der Waals surface area contributed by atoms with Crippen LogP contribution in [0.1, 0.15) is 26.2 Å². The summed E-state index contributed by atoms with van der Waals surface area (Å²) in [6, 6.07) is 1.53. The highest BCUT2D eigenvalue weighted by Gasteiger charge is 2.24. The molecule has 2 amide bonds. The number of esters is 1. The number of carbonyl (C=O) groups excluding carboxylic acids is 2. The number of ether oxygens (including phenoxy) is 1. The third-order valence-electron chi connectivity index (χ3n) is 5.76. The molecule has 3 aromatic heterocycles. The Morgan fingerprint density at radius 2 is 2.20 bits per heavy atom. The molecule has 35 heavy (non-hydrogen) atoms. The minimum atomic E-state index is -0.561. The van der Waals surface area contributed by atoms with Crippen molar-refractivity contribution in [2.75, 3.05) is 38.1 Å². The van der Waals surface area contributed by atoms with E-state index in [1.54, 1.807) is 24.1 Å². The fraction of sp³-hybridized carbons (Fsp3) is 0.435. The minimum absolute atomic E-state index is 0.0929. The Kier molecular flexibility index (Phi) is 7.96. The van der Waals surface area contributed by atoms with Crippen molar-refractivity contribution in [1.29, 1.82) is 0 Å². The van der Waals surface area contributed by atoms with Gasteiger partial charge in [-0.25, -0.2) is 24.1 Å². The third kappa shape index (κ3) is 6.16. The van der Waals surface area contributed by atoms with Gasteiger partial charge in [-0.2, -0.15) is 0 Å². The van der Waals surface area contributed by atoms with Gasteiger partial charge >= 0.3 is 12.0 Å². The number of anilines is 1. The largest absolute Gasteiger partial charge is 0.466 e. The number of amides is 2. The van der Waals surface area contributed by atoms with E-state index in [1.807, 2.05) is 0 Å². The lowest BCUT2D eigenvalue weighted by Gasteiger charge is -2.33. The van der Waals surface area contributed by atoms with Crippen molar-refractivity contribution in [2.45, 2.75) is 26.2 Å². The molecule has 0 aliphatic carbocycles. The zero-order chi connectivity index (χ0) is 24.8. The van der Waals surface area contributed by atoms with Crippen molar-refractivity contribution in [3.63, 3.8) is 0 Å². The van der Waals surface area contributed by atoms with Gasteiger partial charge in [-0.1, -0.05) is 11.6 Å². The number of aromatic amines is 1. The number of nitrogens with zero attached hydrogens (tertiary/aromatic N) is 4. The summed E-state index contributed by atoms with van der Waals surface area (Å²) in [5.41, 5.74) is 1.30. The maximum atomic E-state index is 14.5. The SMILES string of the molecule is CCOC(=O)CCNC(=O)N1CCCC(CNc2nc(-c3c[nH]c4ncc(Cl)cc34)ncc2F)C1. The van der Waals surface area contributed by atoms with Crippen LogP contribution in [0.4, 0.5) is 15.0 Å². The molecule has 1 saturated heterocycles. The van der Waals surface area contributed by atoms with Crippen molar-refractivity contribution in [1.82, 2.24) is 30.2 Å². The fourth-order valence-electron chi connectivity index (χ4n) is 4.06. The van der Waals surface area contributed by atoms with E-state index in [-0.39, 0.29) is 36.7 Å². The summed E-state index contributed by atoms with van der Waals surface area (Å²) >= 11 is 6.07. The maximum absolute atomic E-state index is 14.5. The standard InChI is InChI=1S/C23H27ClFN7O3/c1-2-35-19(33)5-6-26-23(34)32-7-3-4-14(13-32)9-27-22-18(25)12-30-21(31-22)17-11-29-20-16(17)8-15(24)10-28-20/h8,10-12,14H,2-7,9,13H2,1H3,(H,26,34)(H,28,29)(H,27,30,31). The zero-order valence-electron chi connectivity index (χ0n) is 19.3. The number of hydrogen-bond acceptors (Lipinski definition) is 7. The molecule has 0 radical (unpaired) electrons. The van der Waals surface area contributed by atoms with Gasteiger partial charge in [-0.15, -0.1) is 0 Å². The van der Waals surface area contributed by atoms with Crippen LogP contribution in [-0.2, 0) is 9.53 Å². The molecule has 3 aromatic rings. The van der Waals surface area contributed by atoms with E-state index in [0.717, 1.165) is 24.4 Å². The molecule has 0 spiro atoms. The van der Waals surface area contributed by atoms with Crippen LogP contribution in [0.5, 0.6) is 0 Å². The second kappa shape index (κ2) is 11.3. The molecule has 4 heterocycles. The van der Waals surface area contributed by atoms with E-state index in [1.165, 1.54) is 6.20 Å². The predicted molar refractivity (Wildman–Crippen MR) is 130 cm³/mol. The summed E-state index contributed by atoms with van der Waals surface area (Å²) in [4.78, 5) is 41.4. The zero-order valence-corrected chi connectivity index (χ0v) is 20.1. The molecule has 0 aromatic carbocycles. The first-order valence-electron chi connectivity index (χ1n) is 11.5. The number of aromatic nitrogens is 4. The smallest absolute Gasteiger partial charge is 0.317 e. The lowest BCUT2D eigenvalue weighted by atomic mass is 9.98. The number of nitrogens with one attached hydrogen (secondary N) is 3. The highest BCUT2D eigenvalue weighted by Crippen LogP contribution is 2.28. The van der Waals surface area contributed by atoms with Gasteiger partial charge in [0.1, 0.15) is 5.65 Å². The molecule has 0 bridgehead atoms. The molecule has 12 heteroatoms. The molecule has 0 saturated carbocycles. The Labute approximate surface area is 206 Å². The molecule has 3 N–H and O–H groups in total. The van der Waals surface area contributed by atoms with Gasteiger partial charge in [-0.05, 0) is 31.7 Å². The Hall–Kier alpha value is -3.47. The third-order valence-corrected chi connectivity index (χ3v) is 5.96. The number of halogens is 2. The number of piperidine rings is 1. The van der Waals surface area contributed by atoms with Crippen LogP contribution in [0.3, 0.4) is 0 Å². The number of carbonyl (C=O) groups is 2. The van der Waals surface area contributed by atoms with Gasteiger partial charge in [0.25, 0.3) is 0 Å². The molecule has 1 fully saturated rings. The van der Waals surface area contributed by atoms with Crippen LogP contribution < -0.4 is 10.6 Å². The molecule has 186 valence electrons. The van der Waals surface area contributed by atoms with Crippen LogP contribution in [0, 0.1) is 11.7 Å². The number of rotatable bonds is 8.